The van der Waals surface area contributed by atoms with E-state index < -0.39 is 5.41 Å². The molecule has 1 aliphatic carbocycles. The van der Waals surface area contributed by atoms with Gasteiger partial charge in [0.05, 0.1) is 11.0 Å². The monoisotopic (exact) mass is 522 g/mol. The number of carbonyl (C=O) groups excluding carboxylic acids is 2. The van der Waals surface area contributed by atoms with Crippen molar-refractivity contribution < 1.29 is 24.3 Å². The van der Waals surface area contributed by atoms with Crippen LogP contribution in [0, 0.1) is 5.92 Å². The molecule has 0 spiro atoms. The molecule has 2 heterocycles. The number of rotatable bonds is 8. The third-order valence-electron chi connectivity index (χ3n) is 7.54. The van der Waals surface area contributed by atoms with Crippen molar-refractivity contribution in [3.63, 3.8) is 0 Å². The van der Waals surface area contributed by atoms with Gasteiger partial charge in [0.25, 0.3) is 5.91 Å². The molecule has 9 heteroatoms. The minimum absolute atomic E-state index is 0.0294. The number of aromatic nitrogens is 1. The van der Waals surface area contributed by atoms with Crippen LogP contribution < -0.4 is 10.6 Å². The van der Waals surface area contributed by atoms with Gasteiger partial charge in [-0.1, -0.05) is 37.2 Å². The molecule has 4 N–H and O–H groups in total. The van der Waals surface area contributed by atoms with E-state index in [1.54, 1.807) is 0 Å². The lowest BCUT2D eigenvalue weighted by Crippen LogP contribution is -2.37. The molecule has 1 aliphatic heterocycles. The molecule has 4 rings (SSSR count). The van der Waals surface area contributed by atoms with Crippen LogP contribution in [-0.2, 0) is 23.2 Å². The average Bonchev–Trinajstić information content (AvgIpc) is 3.32. The first kappa shape index (κ1) is 27.4. The first-order chi connectivity index (χ1) is 18.0. The van der Waals surface area contributed by atoms with Crippen LogP contribution in [0.5, 0.6) is 0 Å². The number of benzene rings is 1. The molecule has 0 bridgehead atoms. The van der Waals surface area contributed by atoms with Crippen LogP contribution in [0.25, 0.3) is 11.1 Å². The molecule has 2 aliphatic rings. The summed E-state index contributed by atoms with van der Waals surface area (Å²) in [7, 11) is 0. The van der Waals surface area contributed by atoms with E-state index in [1.165, 1.54) is 24.1 Å². The molecule has 2 amide bonds. The molecule has 0 saturated carbocycles. The number of amides is 2. The van der Waals surface area contributed by atoms with E-state index in [9.17, 15) is 19.8 Å². The largest absolute Gasteiger partial charge is 0.511 e. The number of nitrogens with zero attached hydrogens (tertiary/aromatic N) is 2. The van der Waals surface area contributed by atoms with Gasteiger partial charge >= 0.3 is 0 Å². The molecule has 1 atom stereocenters. The SMILES string of the molecule is CCNC(=O)c1noc(C2(C)CC(C(C)C)=C(O)C=C2O)c1-c1ccc2c(c1)CCN(CCNC(C)=O)C2. The van der Waals surface area contributed by atoms with Crippen molar-refractivity contribution in [3.05, 3.63) is 63.9 Å². The first-order valence-corrected chi connectivity index (χ1v) is 13.3. The highest BCUT2D eigenvalue weighted by atomic mass is 16.5. The van der Waals surface area contributed by atoms with Gasteiger partial charge in [0.15, 0.2) is 11.5 Å². The van der Waals surface area contributed by atoms with E-state index in [-0.39, 0.29) is 34.9 Å². The van der Waals surface area contributed by atoms with Crippen molar-refractivity contribution in [2.75, 3.05) is 26.2 Å². The van der Waals surface area contributed by atoms with Crippen LogP contribution in [0.3, 0.4) is 0 Å². The van der Waals surface area contributed by atoms with Crippen molar-refractivity contribution in [1.82, 2.24) is 20.7 Å². The van der Waals surface area contributed by atoms with Crippen LogP contribution in [0.4, 0.5) is 0 Å². The predicted octanol–water partition coefficient (Wildman–Crippen LogP) is 4.16. The van der Waals surface area contributed by atoms with Crippen LogP contribution in [-0.4, -0.2) is 58.3 Å². The van der Waals surface area contributed by atoms with Gasteiger partial charge in [0.2, 0.25) is 5.91 Å². The number of hydrogen-bond donors (Lipinski definition) is 4. The van der Waals surface area contributed by atoms with Gasteiger partial charge in [-0.15, -0.1) is 0 Å². The van der Waals surface area contributed by atoms with E-state index >= 15 is 0 Å². The highest BCUT2D eigenvalue weighted by Crippen LogP contribution is 2.47. The Morgan fingerprint density at radius 2 is 1.97 bits per heavy atom. The zero-order chi connectivity index (χ0) is 27.6. The first-order valence-electron chi connectivity index (χ1n) is 13.3. The van der Waals surface area contributed by atoms with E-state index in [0.29, 0.717) is 30.8 Å². The second-order valence-electron chi connectivity index (χ2n) is 10.7. The lowest BCUT2D eigenvalue weighted by atomic mass is 9.71. The van der Waals surface area contributed by atoms with Crippen LogP contribution in [0.1, 0.15) is 68.4 Å². The van der Waals surface area contributed by atoms with E-state index in [1.807, 2.05) is 33.8 Å². The van der Waals surface area contributed by atoms with Crippen molar-refractivity contribution >= 4 is 11.8 Å². The van der Waals surface area contributed by atoms with Gasteiger partial charge in [-0.2, -0.15) is 0 Å². The number of carbonyl (C=O) groups is 2. The molecule has 2 aromatic rings. The molecule has 204 valence electrons. The van der Waals surface area contributed by atoms with Gasteiger partial charge in [-0.25, -0.2) is 0 Å². The Morgan fingerprint density at radius 3 is 2.66 bits per heavy atom. The van der Waals surface area contributed by atoms with Gasteiger partial charge in [0.1, 0.15) is 11.5 Å². The Morgan fingerprint density at radius 1 is 1.21 bits per heavy atom. The third kappa shape index (κ3) is 5.34. The van der Waals surface area contributed by atoms with Crippen molar-refractivity contribution in [1.29, 1.82) is 0 Å². The summed E-state index contributed by atoms with van der Waals surface area (Å²) < 4.78 is 5.86. The van der Waals surface area contributed by atoms with Gasteiger partial charge in [0, 0.05) is 45.7 Å². The number of hydrogen-bond acceptors (Lipinski definition) is 7. The number of allylic oxidation sites excluding steroid dienone is 3. The fraction of sp³-hybridized carbons (Fsp3) is 0.483. The summed E-state index contributed by atoms with van der Waals surface area (Å²) in [6.45, 7) is 12.7. The standard InChI is InChI=1S/C29H38N4O5/c1-6-30-28(37)26-25(27(38-32-26)29(5)15-22(17(2)3)23(35)14-24(29)36)20-7-8-21-16-33(11-9-19(21)13-20)12-10-31-18(4)34/h7-8,13-14,17,35-36H,6,9-12,15-16H2,1-5H3,(H,30,37)(H,31,34). The number of fused-ring (bicyclic) bond motifs is 1. The van der Waals surface area contributed by atoms with Crippen LogP contribution >= 0.6 is 0 Å². The Balaban J connectivity index is 1.73. The Hall–Kier alpha value is -3.59. The summed E-state index contributed by atoms with van der Waals surface area (Å²) >= 11 is 0. The summed E-state index contributed by atoms with van der Waals surface area (Å²) in [6.07, 6.45) is 2.54. The zero-order valence-corrected chi connectivity index (χ0v) is 22.9. The third-order valence-corrected chi connectivity index (χ3v) is 7.54. The second kappa shape index (κ2) is 11.0. The molecule has 1 aromatic carbocycles. The molecule has 1 aromatic heterocycles. The smallest absolute Gasteiger partial charge is 0.274 e. The summed E-state index contributed by atoms with van der Waals surface area (Å²) in [5.74, 6) is 0.114. The Labute approximate surface area is 223 Å². The minimum atomic E-state index is -1.00. The lowest BCUT2D eigenvalue weighted by molar-refractivity contribution is -0.119. The number of aliphatic hydroxyl groups excluding tert-OH is 2. The fourth-order valence-electron chi connectivity index (χ4n) is 5.32. The predicted molar refractivity (Wildman–Crippen MR) is 145 cm³/mol. The van der Waals surface area contributed by atoms with Crippen LogP contribution in [0.2, 0.25) is 0 Å². The molecule has 1 unspecified atom stereocenters. The van der Waals surface area contributed by atoms with Crippen molar-refractivity contribution in [3.8, 4) is 11.1 Å². The van der Waals surface area contributed by atoms with Gasteiger partial charge in [-0.05, 0) is 54.9 Å². The van der Waals surface area contributed by atoms with E-state index in [2.05, 4.69) is 32.8 Å². The zero-order valence-electron chi connectivity index (χ0n) is 22.9. The van der Waals surface area contributed by atoms with Crippen LogP contribution in [0.15, 0.2) is 45.9 Å². The average molecular weight is 523 g/mol. The molecular formula is C29H38N4O5. The van der Waals surface area contributed by atoms with Crippen molar-refractivity contribution in [2.45, 2.75) is 59.4 Å². The van der Waals surface area contributed by atoms with Crippen molar-refractivity contribution in [2.24, 2.45) is 5.92 Å². The maximum Gasteiger partial charge on any atom is 0.274 e. The quantitative estimate of drug-likeness (QED) is 0.410. The maximum absolute atomic E-state index is 13.0. The van der Waals surface area contributed by atoms with Gasteiger partial charge in [-0.3, -0.25) is 14.5 Å². The Kier molecular flexibility index (Phi) is 7.97. The minimum Gasteiger partial charge on any atom is -0.511 e. The Bertz CT molecular complexity index is 1290. The number of nitrogens with one attached hydrogen (secondary N) is 2. The summed E-state index contributed by atoms with van der Waals surface area (Å²) in [5.41, 5.74) is 3.70. The van der Waals surface area contributed by atoms with E-state index in [4.69, 9.17) is 4.52 Å². The normalized spacial score (nSPS) is 19.8. The second-order valence-corrected chi connectivity index (χ2v) is 10.7. The number of aliphatic hydroxyl groups is 2. The summed E-state index contributed by atoms with van der Waals surface area (Å²) in [6, 6.07) is 6.12. The molecular weight excluding hydrogens is 484 g/mol. The molecule has 38 heavy (non-hydrogen) atoms. The molecule has 0 radical (unpaired) electrons. The van der Waals surface area contributed by atoms with Gasteiger partial charge < -0.3 is 25.4 Å². The molecule has 0 saturated heterocycles. The molecule has 0 fully saturated rings. The van der Waals surface area contributed by atoms with E-state index in [0.717, 1.165) is 37.2 Å². The summed E-state index contributed by atoms with van der Waals surface area (Å²) in [4.78, 5) is 26.5. The highest BCUT2D eigenvalue weighted by molar-refractivity contribution is 5.99. The fourth-order valence-corrected chi connectivity index (χ4v) is 5.32. The molecule has 9 nitrogen and oxygen atoms in total. The maximum atomic E-state index is 13.0. The summed E-state index contributed by atoms with van der Waals surface area (Å²) in [5, 5.41) is 31.4. The highest BCUT2D eigenvalue weighted by Gasteiger charge is 2.44. The lowest BCUT2D eigenvalue weighted by Gasteiger charge is -2.33. The topological polar surface area (TPSA) is 128 Å².